The van der Waals surface area contributed by atoms with Crippen molar-refractivity contribution < 1.29 is 22.8 Å². The van der Waals surface area contributed by atoms with Crippen LogP contribution in [0.2, 0.25) is 0 Å². The van der Waals surface area contributed by atoms with Gasteiger partial charge in [0.15, 0.2) is 0 Å². The third kappa shape index (κ3) is 3.17. The van der Waals surface area contributed by atoms with Crippen molar-refractivity contribution >= 4 is 17.6 Å². The predicted octanol–water partition coefficient (Wildman–Crippen LogP) is 3.32. The number of carbonyl (C=O) groups excluding carboxylic acids is 2. The van der Waals surface area contributed by atoms with Crippen molar-refractivity contribution in [3.63, 3.8) is 0 Å². The number of halogens is 3. The summed E-state index contributed by atoms with van der Waals surface area (Å²) in [6, 6.07) is 2.86. The lowest BCUT2D eigenvalue weighted by atomic mass is 10.1. The van der Waals surface area contributed by atoms with Crippen LogP contribution in [0.1, 0.15) is 31.7 Å². The highest BCUT2D eigenvalue weighted by atomic mass is 19.4. The van der Waals surface area contributed by atoms with E-state index in [1.54, 1.807) is 0 Å². The van der Waals surface area contributed by atoms with E-state index in [1.165, 1.54) is 12.1 Å². The summed E-state index contributed by atoms with van der Waals surface area (Å²) in [5.74, 6) is -0.507. The number of rotatable bonds is 4. The molecule has 0 spiro atoms. The van der Waals surface area contributed by atoms with Gasteiger partial charge in [0.2, 0.25) is 0 Å². The van der Waals surface area contributed by atoms with Gasteiger partial charge in [0.05, 0.1) is 11.3 Å². The van der Waals surface area contributed by atoms with Gasteiger partial charge in [-0.3, -0.25) is 4.79 Å². The molecule has 1 saturated heterocycles. The lowest BCUT2D eigenvalue weighted by molar-refractivity contribution is -0.137. The van der Waals surface area contributed by atoms with E-state index in [0.717, 1.165) is 29.9 Å². The standard InChI is InChI=1S/C14H15F3N2O2/c1-2-3-7-11-12(20)19(13(21)18-11)10-6-4-5-9(8-10)14(15,16)17/h4-6,8,11H,2-3,7H2,1H3,(H,18,21). The van der Waals surface area contributed by atoms with Crippen molar-refractivity contribution in [2.24, 2.45) is 0 Å². The minimum absolute atomic E-state index is 0.0636. The number of unbranched alkanes of at least 4 members (excludes halogenated alkanes) is 1. The minimum Gasteiger partial charge on any atom is -0.325 e. The van der Waals surface area contributed by atoms with Gasteiger partial charge in [0, 0.05) is 0 Å². The van der Waals surface area contributed by atoms with Gasteiger partial charge in [-0.25, -0.2) is 9.69 Å². The largest absolute Gasteiger partial charge is 0.416 e. The van der Waals surface area contributed by atoms with Crippen LogP contribution >= 0.6 is 0 Å². The molecule has 1 unspecified atom stereocenters. The van der Waals surface area contributed by atoms with Crippen LogP contribution < -0.4 is 10.2 Å². The molecule has 0 aliphatic carbocycles. The van der Waals surface area contributed by atoms with Gasteiger partial charge in [0.25, 0.3) is 5.91 Å². The molecule has 1 fully saturated rings. The number of nitrogens with zero attached hydrogens (tertiary/aromatic N) is 1. The third-order valence-corrected chi connectivity index (χ3v) is 3.30. The number of hydrogen-bond acceptors (Lipinski definition) is 2. The van der Waals surface area contributed by atoms with Crippen molar-refractivity contribution in [2.45, 2.75) is 38.4 Å². The molecule has 0 bridgehead atoms. The van der Waals surface area contributed by atoms with Crippen LogP contribution in [-0.4, -0.2) is 18.0 Å². The first-order valence-corrected chi connectivity index (χ1v) is 6.66. The summed E-state index contributed by atoms with van der Waals surface area (Å²) in [7, 11) is 0. The van der Waals surface area contributed by atoms with Crippen LogP contribution in [0.4, 0.5) is 23.7 Å². The summed E-state index contributed by atoms with van der Waals surface area (Å²) < 4.78 is 38.1. The smallest absolute Gasteiger partial charge is 0.325 e. The molecule has 1 aromatic carbocycles. The molecule has 1 N–H and O–H groups in total. The Morgan fingerprint density at radius 2 is 2.00 bits per heavy atom. The second-order valence-electron chi connectivity index (χ2n) is 4.87. The fourth-order valence-corrected chi connectivity index (χ4v) is 2.20. The SMILES string of the molecule is CCCCC1NC(=O)N(c2cccc(C(F)(F)F)c2)C1=O. The van der Waals surface area contributed by atoms with E-state index in [2.05, 4.69) is 5.32 Å². The Hall–Kier alpha value is -2.05. The lowest BCUT2D eigenvalue weighted by Gasteiger charge is -2.15. The fraction of sp³-hybridized carbons (Fsp3) is 0.429. The number of alkyl halides is 3. The molecule has 2 rings (SSSR count). The molecule has 0 aromatic heterocycles. The Kier molecular flexibility index (Phi) is 4.20. The maximum absolute atomic E-state index is 12.7. The number of anilines is 1. The van der Waals surface area contributed by atoms with Crippen molar-refractivity contribution in [1.29, 1.82) is 0 Å². The van der Waals surface area contributed by atoms with Crippen LogP contribution in [0.5, 0.6) is 0 Å². The zero-order valence-electron chi connectivity index (χ0n) is 11.4. The molecule has 1 heterocycles. The molecule has 114 valence electrons. The van der Waals surface area contributed by atoms with E-state index in [0.29, 0.717) is 6.42 Å². The topological polar surface area (TPSA) is 49.4 Å². The summed E-state index contributed by atoms with van der Waals surface area (Å²) in [5, 5.41) is 2.50. The molecule has 7 heteroatoms. The average Bonchev–Trinajstić information content (AvgIpc) is 2.70. The van der Waals surface area contributed by atoms with Crippen molar-refractivity contribution in [2.75, 3.05) is 4.90 Å². The van der Waals surface area contributed by atoms with Crippen molar-refractivity contribution in [1.82, 2.24) is 5.32 Å². The monoisotopic (exact) mass is 300 g/mol. The van der Waals surface area contributed by atoms with E-state index in [9.17, 15) is 22.8 Å². The number of hydrogen-bond donors (Lipinski definition) is 1. The number of benzene rings is 1. The summed E-state index contributed by atoms with van der Waals surface area (Å²) in [6.45, 7) is 1.95. The predicted molar refractivity (Wildman–Crippen MR) is 70.8 cm³/mol. The van der Waals surface area contributed by atoms with Crippen molar-refractivity contribution in [3.05, 3.63) is 29.8 Å². The quantitative estimate of drug-likeness (QED) is 0.867. The van der Waals surface area contributed by atoms with E-state index < -0.39 is 29.7 Å². The summed E-state index contributed by atoms with van der Waals surface area (Å²) in [5.41, 5.74) is -0.955. The molecule has 1 aliphatic heterocycles. The zero-order chi connectivity index (χ0) is 15.6. The van der Waals surface area contributed by atoms with Crippen LogP contribution in [0.15, 0.2) is 24.3 Å². The maximum Gasteiger partial charge on any atom is 0.416 e. The molecule has 1 atom stereocenters. The highest BCUT2D eigenvalue weighted by Crippen LogP contribution is 2.32. The van der Waals surface area contributed by atoms with Crippen molar-refractivity contribution in [3.8, 4) is 0 Å². The molecule has 0 radical (unpaired) electrons. The Morgan fingerprint density at radius 1 is 1.29 bits per heavy atom. The lowest BCUT2D eigenvalue weighted by Crippen LogP contribution is -2.31. The van der Waals surface area contributed by atoms with E-state index in [4.69, 9.17) is 0 Å². The molecule has 1 aliphatic rings. The van der Waals surface area contributed by atoms with Gasteiger partial charge in [-0.2, -0.15) is 13.2 Å². The molecule has 21 heavy (non-hydrogen) atoms. The van der Waals surface area contributed by atoms with Crippen LogP contribution in [-0.2, 0) is 11.0 Å². The normalized spacial score (nSPS) is 19.0. The number of amides is 3. The number of imide groups is 1. The molecule has 1 aromatic rings. The van der Waals surface area contributed by atoms with Gasteiger partial charge >= 0.3 is 12.2 Å². The number of urea groups is 1. The average molecular weight is 300 g/mol. The minimum atomic E-state index is -4.52. The second kappa shape index (κ2) is 5.75. The molecular weight excluding hydrogens is 285 g/mol. The van der Waals surface area contributed by atoms with Gasteiger partial charge in [-0.15, -0.1) is 0 Å². The van der Waals surface area contributed by atoms with Crippen LogP contribution in [0, 0.1) is 0 Å². The number of carbonyl (C=O) groups is 2. The first-order chi connectivity index (χ1) is 9.84. The molecule has 3 amide bonds. The van der Waals surface area contributed by atoms with E-state index in [-0.39, 0.29) is 5.69 Å². The van der Waals surface area contributed by atoms with Gasteiger partial charge in [-0.1, -0.05) is 25.8 Å². The summed E-state index contributed by atoms with van der Waals surface area (Å²) in [4.78, 5) is 24.8. The Morgan fingerprint density at radius 3 is 2.62 bits per heavy atom. The number of nitrogens with one attached hydrogen (secondary N) is 1. The van der Waals surface area contributed by atoms with Gasteiger partial charge in [0.1, 0.15) is 6.04 Å². The molecular formula is C14H15F3N2O2. The highest BCUT2D eigenvalue weighted by molar-refractivity contribution is 6.21. The first-order valence-electron chi connectivity index (χ1n) is 6.66. The maximum atomic E-state index is 12.7. The Labute approximate surface area is 119 Å². The van der Waals surface area contributed by atoms with Gasteiger partial charge < -0.3 is 5.32 Å². The van der Waals surface area contributed by atoms with Gasteiger partial charge in [-0.05, 0) is 24.6 Å². The van der Waals surface area contributed by atoms with E-state index >= 15 is 0 Å². The van der Waals surface area contributed by atoms with Crippen LogP contribution in [0.3, 0.4) is 0 Å². The highest BCUT2D eigenvalue weighted by Gasteiger charge is 2.39. The first kappa shape index (κ1) is 15.3. The zero-order valence-corrected chi connectivity index (χ0v) is 11.4. The Bertz CT molecular complexity index is 557. The van der Waals surface area contributed by atoms with E-state index in [1.807, 2.05) is 6.92 Å². The molecule has 4 nitrogen and oxygen atoms in total. The summed E-state index contributed by atoms with van der Waals surface area (Å²) >= 11 is 0. The molecule has 0 saturated carbocycles. The fourth-order valence-electron chi connectivity index (χ4n) is 2.20. The Balaban J connectivity index is 2.26. The second-order valence-corrected chi connectivity index (χ2v) is 4.87. The summed E-state index contributed by atoms with van der Waals surface area (Å²) in [6.07, 6.45) is -2.41. The van der Waals surface area contributed by atoms with Crippen LogP contribution in [0.25, 0.3) is 0 Å². The third-order valence-electron chi connectivity index (χ3n) is 3.30.